The third-order valence-corrected chi connectivity index (χ3v) is 4.92. The van der Waals surface area contributed by atoms with Crippen molar-refractivity contribution in [1.82, 2.24) is 9.88 Å². The zero-order chi connectivity index (χ0) is 17.9. The Morgan fingerprint density at radius 2 is 1.81 bits per heavy atom. The van der Waals surface area contributed by atoms with Gasteiger partial charge in [0.05, 0.1) is 11.2 Å². The SMILES string of the molecule is O=C(c1cc(Nc2cccc(Cl)c2)c2ccccc2n1)N1CCCCC1. The third-order valence-electron chi connectivity index (χ3n) is 4.68. The van der Waals surface area contributed by atoms with Crippen LogP contribution in [-0.2, 0) is 0 Å². The molecular weight excluding hydrogens is 346 g/mol. The number of anilines is 2. The number of para-hydroxylation sites is 1. The van der Waals surface area contributed by atoms with Crippen LogP contribution in [0.25, 0.3) is 10.9 Å². The molecule has 0 saturated carbocycles. The summed E-state index contributed by atoms with van der Waals surface area (Å²) in [6, 6.07) is 17.2. The molecule has 4 nitrogen and oxygen atoms in total. The number of aromatic nitrogens is 1. The molecule has 0 spiro atoms. The average molecular weight is 366 g/mol. The minimum absolute atomic E-state index is 0.00426. The van der Waals surface area contributed by atoms with Crippen LogP contribution in [0, 0.1) is 0 Å². The lowest BCUT2D eigenvalue weighted by molar-refractivity contribution is 0.0719. The molecule has 1 N–H and O–H groups in total. The molecule has 0 atom stereocenters. The summed E-state index contributed by atoms with van der Waals surface area (Å²) in [6.45, 7) is 1.62. The monoisotopic (exact) mass is 365 g/mol. The molecule has 1 fully saturated rings. The lowest BCUT2D eigenvalue weighted by Crippen LogP contribution is -2.36. The summed E-state index contributed by atoms with van der Waals surface area (Å²) in [6.07, 6.45) is 3.32. The number of hydrogen-bond acceptors (Lipinski definition) is 3. The largest absolute Gasteiger partial charge is 0.355 e. The minimum Gasteiger partial charge on any atom is -0.355 e. The fourth-order valence-electron chi connectivity index (χ4n) is 3.37. The Balaban J connectivity index is 1.74. The smallest absolute Gasteiger partial charge is 0.272 e. The van der Waals surface area contributed by atoms with E-state index >= 15 is 0 Å². The van der Waals surface area contributed by atoms with Crippen molar-refractivity contribution in [2.24, 2.45) is 0 Å². The van der Waals surface area contributed by atoms with E-state index in [1.54, 1.807) is 0 Å². The van der Waals surface area contributed by atoms with Crippen LogP contribution < -0.4 is 5.32 Å². The highest BCUT2D eigenvalue weighted by Gasteiger charge is 2.20. The molecule has 1 aromatic heterocycles. The number of benzene rings is 2. The summed E-state index contributed by atoms with van der Waals surface area (Å²) in [5.41, 5.74) is 3.03. The Morgan fingerprint density at radius 1 is 1.00 bits per heavy atom. The zero-order valence-corrected chi connectivity index (χ0v) is 15.2. The number of halogens is 1. The van der Waals surface area contributed by atoms with Gasteiger partial charge in [-0.1, -0.05) is 35.9 Å². The summed E-state index contributed by atoms with van der Waals surface area (Å²) >= 11 is 6.10. The molecule has 1 aliphatic heterocycles. The predicted octanol–water partition coefficient (Wildman–Crippen LogP) is 5.26. The van der Waals surface area contributed by atoms with Crippen molar-refractivity contribution in [1.29, 1.82) is 0 Å². The van der Waals surface area contributed by atoms with E-state index in [0.717, 1.165) is 48.2 Å². The lowest BCUT2D eigenvalue weighted by atomic mass is 10.1. The number of piperidine rings is 1. The van der Waals surface area contributed by atoms with Crippen LogP contribution in [0.1, 0.15) is 29.8 Å². The molecule has 4 rings (SSSR count). The Hall–Kier alpha value is -2.59. The predicted molar refractivity (Wildman–Crippen MR) is 106 cm³/mol. The molecular formula is C21H20ClN3O. The molecule has 2 heterocycles. The quantitative estimate of drug-likeness (QED) is 0.688. The summed E-state index contributed by atoms with van der Waals surface area (Å²) in [5, 5.41) is 5.03. The van der Waals surface area contributed by atoms with Gasteiger partial charge < -0.3 is 10.2 Å². The van der Waals surface area contributed by atoms with E-state index in [1.165, 1.54) is 6.42 Å². The van der Waals surface area contributed by atoms with Crippen LogP contribution in [-0.4, -0.2) is 28.9 Å². The molecule has 132 valence electrons. The highest BCUT2D eigenvalue weighted by molar-refractivity contribution is 6.30. The molecule has 0 radical (unpaired) electrons. The van der Waals surface area contributed by atoms with Gasteiger partial charge in [-0.05, 0) is 49.6 Å². The van der Waals surface area contributed by atoms with Crippen molar-refractivity contribution >= 4 is 39.8 Å². The maximum Gasteiger partial charge on any atom is 0.272 e. The van der Waals surface area contributed by atoms with Gasteiger partial charge in [-0.2, -0.15) is 0 Å². The summed E-state index contributed by atoms with van der Waals surface area (Å²) in [7, 11) is 0. The Bertz CT molecular complexity index is 951. The van der Waals surface area contributed by atoms with Gasteiger partial charge in [-0.3, -0.25) is 4.79 Å². The number of nitrogens with zero attached hydrogens (tertiary/aromatic N) is 2. The fraction of sp³-hybridized carbons (Fsp3) is 0.238. The van der Waals surface area contributed by atoms with E-state index in [0.29, 0.717) is 10.7 Å². The topological polar surface area (TPSA) is 45.2 Å². The van der Waals surface area contributed by atoms with E-state index in [2.05, 4.69) is 10.3 Å². The first-order valence-electron chi connectivity index (χ1n) is 8.92. The number of rotatable bonds is 3. The lowest BCUT2D eigenvalue weighted by Gasteiger charge is -2.26. The fourth-order valence-corrected chi connectivity index (χ4v) is 3.56. The van der Waals surface area contributed by atoms with Crippen molar-refractivity contribution < 1.29 is 4.79 Å². The molecule has 0 aliphatic carbocycles. The maximum atomic E-state index is 12.9. The van der Waals surface area contributed by atoms with Gasteiger partial charge in [0.25, 0.3) is 5.91 Å². The first-order valence-corrected chi connectivity index (χ1v) is 9.30. The molecule has 0 unspecified atom stereocenters. The van der Waals surface area contributed by atoms with Gasteiger partial charge in [0, 0.05) is 29.2 Å². The molecule has 1 amide bonds. The van der Waals surface area contributed by atoms with Crippen molar-refractivity contribution in [2.45, 2.75) is 19.3 Å². The number of pyridine rings is 1. The van der Waals surface area contributed by atoms with E-state index in [-0.39, 0.29) is 5.91 Å². The Kier molecular flexibility index (Phi) is 4.76. The van der Waals surface area contributed by atoms with Crippen molar-refractivity contribution in [3.8, 4) is 0 Å². The number of amides is 1. The summed E-state index contributed by atoms with van der Waals surface area (Å²) in [4.78, 5) is 19.4. The highest BCUT2D eigenvalue weighted by Crippen LogP contribution is 2.28. The summed E-state index contributed by atoms with van der Waals surface area (Å²) < 4.78 is 0. The number of fused-ring (bicyclic) bond motifs is 1. The standard InChI is InChI=1S/C21H20ClN3O/c22-15-7-6-8-16(13-15)23-19-14-20(21(26)25-11-4-1-5-12-25)24-18-10-3-2-9-17(18)19/h2-3,6-10,13-14H,1,4-5,11-12H2,(H,23,24). The normalized spacial score (nSPS) is 14.4. The second kappa shape index (κ2) is 7.34. The Labute approximate surface area is 157 Å². The molecule has 5 heteroatoms. The number of hydrogen-bond donors (Lipinski definition) is 1. The van der Waals surface area contributed by atoms with Crippen LogP contribution >= 0.6 is 11.6 Å². The number of carbonyl (C=O) groups excluding carboxylic acids is 1. The molecule has 1 saturated heterocycles. The van der Waals surface area contributed by atoms with E-state index in [9.17, 15) is 4.79 Å². The third kappa shape index (κ3) is 3.51. The molecule has 0 bridgehead atoms. The number of carbonyl (C=O) groups is 1. The van der Waals surface area contributed by atoms with Gasteiger partial charge in [-0.25, -0.2) is 4.98 Å². The van der Waals surface area contributed by atoms with Crippen LogP contribution in [0.2, 0.25) is 5.02 Å². The summed E-state index contributed by atoms with van der Waals surface area (Å²) in [5.74, 6) is 0.00426. The van der Waals surface area contributed by atoms with Gasteiger partial charge in [0.2, 0.25) is 0 Å². The Morgan fingerprint density at radius 3 is 2.62 bits per heavy atom. The molecule has 26 heavy (non-hydrogen) atoms. The average Bonchev–Trinajstić information content (AvgIpc) is 2.68. The second-order valence-electron chi connectivity index (χ2n) is 6.56. The highest BCUT2D eigenvalue weighted by atomic mass is 35.5. The first kappa shape index (κ1) is 16.9. The van der Waals surface area contributed by atoms with E-state index in [4.69, 9.17) is 11.6 Å². The van der Waals surface area contributed by atoms with Gasteiger partial charge in [-0.15, -0.1) is 0 Å². The van der Waals surface area contributed by atoms with Crippen LogP contribution in [0.15, 0.2) is 54.6 Å². The van der Waals surface area contributed by atoms with Crippen LogP contribution in [0.4, 0.5) is 11.4 Å². The van der Waals surface area contributed by atoms with Crippen molar-refractivity contribution in [3.05, 3.63) is 65.3 Å². The van der Waals surface area contributed by atoms with Crippen LogP contribution in [0.3, 0.4) is 0 Å². The van der Waals surface area contributed by atoms with Crippen LogP contribution in [0.5, 0.6) is 0 Å². The number of nitrogens with one attached hydrogen (secondary N) is 1. The van der Waals surface area contributed by atoms with Gasteiger partial charge in [0.1, 0.15) is 5.69 Å². The van der Waals surface area contributed by atoms with E-state index < -0.39 is 0 Å². The van der Waals surface area contributed by atoms with Gasteiger partial charge >= 0.3 is 0 Å². The number of likely N-dealkylation sites (tertiary alicyclic amines) is 1. The minimum atomic E-state index is 0.00426. The van der Waals surface area contributed by atoms with E-state index in [1.807, 2.05) is 59.5 Å². The zero-order valence-electron chi connectivity index (χ0n) is 14.4. The van der Waals surface area contributed by atoms with Crippen molar-refractivity contribution in [3.63, 3.8) is 0 Å². The molecule has 2 aromatic carbocycles. The first-order chi connectivity index (χ1) is 12.7. The molecule has 1 aliphatic rings. The maximum absolute atomic E-state index is 12.9. The second-order valence-corrected chi connectivity index (χ2v) is 7.00. The van der Waals surface area contributed by atoms with Crippen molar-refractivity contribution in [2.75, 3.05) is 18.4 Å². The molecule has 3 aromatic rings. The van der Waals surface area contributed by atoms with Gasteiger partial charge in [0.15, 0.2) is 0 Å².